The van der Waals surface area contributed by atoms with Crippen LogP contribution in [0.2, 0.25) is 0 Å². The molecule has 0 heterocycles. The van der Waals surface area contributed by atoms with Gasteiger partial charge in [0.25, 0.3) is 0 Å². The minimum Gasteiger partial charge on any atom is -0.396 e. The second-order valence-corrected chi connectivity index (χ2v) is 4.80. The second kappa shape index (κ2) is 7.64. The largest absolute Gasteiger partial charge is 0.396 e. The summed E-state index contributed by atoms with van der Waals surface area (Å²) in [6, 6.07) is 9.22. The summed E-state index contributed by atoms with van der Waals surface area (Å²) in [5, 5.41) is 13.8. The number of halogens is 3. The molecule has 0 unspecified atom stereocenters. The SMILES string of the molecule is O=C(Nc1ccc(F)c(F)c1F)N[C@H](CCO)c1ccccc1. The molecule has 0 saturated heterocycles. The van der Waals surface area contributed by atoms with Gasteiger partial charge >= 0.3 is 6.03 Å². The summed E-state index contributed by atoms with van der Waals surface area (Å²) in [6.45, 7) is -0.167. The van der Waals surface area contributed by atoms with Crippen molar-refractivity contribution in [3.8, 4) is 0 Å². The summed E-state index contributed by atoms with van der Waals surface area (Å²) in [5.74, 6) is -4.47. The molecule has 122 valence electrons. The highest BCUT2D eigenvalue weighted by atomic mass is 19.2. The molecule has 0 aromatic heterocycles. The molecule has 4 nitrogen and oxygen atoms in total. The van der Waals surface area contributed by atoms with E-state index in [9.17, 15) is 18.0 Å². The van der Waals surface area contributed by atoms with Gasteiger partial charge < -0.3 is 15.7 Å². The number of carbonyl (C=O) groups excluding carboxylic acids is 1. The van der Waals surface area contributed by atoms with Crippen LogP contribution in [0, 0.1) is 17.5 Å². The van der Waals surface area contributed by atoms with Crippen molar-refractivity contribution in [2.75, 3.05) is 11.9 Å². The molecule has 0 saturated carbocycles. The highest BCUT2D eigenvalue weighted by Crippen LogP contribution is 2.20. The van der Waals surface area contributed by atoms with Crippen molar-refractivity contribution in [2.45, 2.75) is 12.5 Å². The van der Waals surface area contributed by atoms with Crippen molar-refractivity contribution in [2.24, 2.45) is 0 Å². The number of hydrogen-bond acceptors (Lipinski definition) is 2. The monoisotopic (exact) mass is 324 g/mol. The number of rotatable bonds is 5. The van der Waals surface area contributed by atoms with Crippen molar-refractivity contribution in [3.63, 3.8) is 0 Å². The Morgan fingerprint density at radius 3 is 2.39 bits per heavy atom. The number of aliphatic hydroxyl groups excluding tert-OH is 1. The van der Waals surface area contributed by atoms with Crippen LogP contribution in [-0.2, 0) is 0 Å². The van der Waals surface area contributed by atoms with Gasteiger partial charge in [0, 0.05) is 6.61 Å². The molecule has 2 amide bonds. The third-order valence-electron chi connectivity index (χ3n) is 3.21. The van der Waals surface area contributed by atoms with Gasteiger partial charge in [0.15, 0.2) is 17.5 Å². The topological polar surface area (TPSA) is 61.4 Å². The van der Waals surface area contributed by atoms with E-state index in [1.165, 1.54) is 0 Å². The summed E-state index contributed by atoms with van der Waals surface area (Å²) in [7, 11) is 0. The van der Waals surface area contributed by atoms with Crippen molar-refractivity contribution >= 4 is 11.7 Å². The Kier molecular flexibility index (Phi) is 5.59. The minimum absolute atomic E-state index is 0.167. The molecule has 3 N–H and O–H groups in total. The Labute approximate surface area is 131 Å². The number of amides is 2. The zero-order valence-corrected chi connectivity index (χ0v) is 12.0. The van der Waals surface area contributed by atoms with E-state index >= 15 is 0 Å². The number of nitrogens with one attached hydrogen (secondary N) is 2. The van der Waals surface area contributed by atoms with Crippen LogP contribution in [0.4, 0.5) is 23.7 Å². The maximum absolute atomic E-state index is 13.5. The van der Waals surface area contributed by atoms with Crippen LogP contribution in [0.1, 0.15) is 18.0 Å². The van der Waals surface area contributed by atoms with Crippen molar-refractivity contribution in [3.05, 3.63) is 65.5 Å². The Bertz CT molecular complexity index is 681. The van der Waals surface area contributed by atoms with E-state index in [0.29, 0.717) is 0 Å². The molecule has 7 heteroatoms. The maximum Gasteiger partial charge on any atom is 0.319 e. The Morgan fingerprint density at radius 1 is 1.04 bits per heavy atom. The molecule has 23 heavy (non-hydrogen) atoms. The average Bonchev–Trinajstić information content (AvgIpc) is 2.56. The fourth-order valence-corrected chi connectivity index (χ4v) is 2.08. The number of aliphatic hydroxyl groups is 1. The normalized spacial score (nSPS) is 11.8. The van der Waals surface area contributed by atoms with E-state index in [4.69, 9.17) is 5.11 Å². The molecule has 0 aliphatic carbocycles. The van der Waals surface area contributed by atoms with Crippen molar-refractivity contribution < 1.29 is 23.1 Å². The van der Waals surface area contributed by atoms with Gasteiger partial charge in [-0.1, -0.05) is 30.3 Å². The number of urea groups is 1. The van der Waals surface area contributed by atoms with Crippen LogP contribution in [0.25, 0.3) is 0 Å². The molecule has 2 rings (SSSR count). The quantitative estimate of drug-likeness (QED) is 0.739. The van der Waals surface area contributed by atoms with Crippen LogP contribution in [-0.4, -0.2) is 17.7 Å². The maximum atomic E-state index is 13.5. The first kappa shape index (κ1) is 16.8. The molecular weight excluding hydrogens is 309 g/mol. The van der Waals surface area contributed by atoms with Crippen molar-refractivity contribution in [1.82, 2.24) is 5.32 Å². The zero-order valence-electron chi connectivity index (χ0n) is 12.0. The van der Waals surface area contributed by atoms with Gasteiger partial charge in [-0.3, -0.25) is 0 Å². The first-order valence-corrected chi connectivity index (χ1v) is 6.89. The van der Waals surface area contributed by atoms with Crippen LogP contribution in [0.3, 0.4) is 0 Å². The van der Waals surface area contributed by atoms with Gasteiger partial charge in [0.05, 0.1) is 11.7 Å². The van der Waals surface area contributed by atoms with E-state index in [1.807, 2.05) is 0 Å². The van der Waals surface area contributed by atoms with Gasteiger partial charge in [-0.2, -0.15) is 0 Å². The molecule has 0 aliphatic rings. The second-order valence-electron chi connectivity index (χ2n) is 4.80. The molecule has 0 spiro atoms. The number of hydrogen-bond donors (Lipinski definition) is 3. The predicted octanol–water partition coefficient (Wildman–Crippen LogP) is 3.35. The minimum atomic E-state index is -1.65. The first-order valence-electron chi connectivity index (χ1n) is 6.89. The fraction of sp³-hybridized carbons (Fsp3) is 0.188. The van der Waals surface area contributed by atoms with E-state index in [2.05, 4.69) is 10.6 Å². The zero-order chi connectivity index (χ0) is 16.8. The van der Waals surface area contributed by atoms with Crippen molar-refractivity contribution in [1.29, 1.82) is 0 Å². The standard InChI is InChI=1S/C16H15F3N2O2/c17-11-6-7-13(15(19)14(11)18)21-16(23)20-12(8-9-22)10-4-2-1-3-5-10/h1-7,12,22H,8-9H2,(H2,20,21,23)/t12-/m1/s1. The van der Waals surface area contributed by atoms with E-state index < -0.39 is 35.2 Å². The van der Waals surface area contributed by atoms with Crippen LogP contribution in [0.15, 0.2) is 42.5 Å². The highest BCUT2D eigenvalue weighted by Gasteiger charge is 2.18. The summed E-state index contributed by atoms with van der Waals surface area (Å²) in [4.78, 5) is 11.9. The van der Waals surface area contributed by atoms with Gasteiger partial charge in [-0.05, 0) is 24.1 Å². The Balaban J connectivity index is 2.10. The number of benzene rings is 2. The molecule has 0 aliphatic heterocycles. The highest BCUT2D eigenvalue weighted by molar-refractivity contribution is 5.89. The van der Waals surface area contributed by atoms with E-state index in [-0.39, 0.29) is 13.0 Å². The lowest BCUT2D eigenvalue weighted by molar-refractivity contribution is 0.239. The lowest BCUT2D eigenvalue weighted by Crippen LogP contribution is -2.33. The lowest BCUT2D eigenvalue weighted by Gasteiger charge is -2.19. The molecule has 2 aromatic rings. The predicted molar refractivity (Wildman–Crippen MR) is 79.4 cm³/mol. The third kappa shape index (κ3) is 4.23. The fourth-order valence-electron chi connectivity index (χ4n) is 2.08. The first-order chi connectivity index (χ1) is 11.0. The molecule has 0 fully saturated rings. The lowest BCUT2D eigenvalue weighted by atomic mass is 10.0. The molecule has 0 bridgehead atoms. The molecule has 0 radical (unpaired) electrons. The van der Waals surface area contributed by atoms with Gasteiger partial charge in [0.1, 0.15) is 0 Å². The van der Waals surface area contributed by atoms with Crippen LogP contribution >= 0.6 is 0 Å². The van der Waals surface area contributed by atoms with Crippen LogP contribution in [0.5, 0.6) is 0 Å². The summed E-state index contributed by atoms with van der Waals surface area (Å²) < 4.78 is 39.5. The summed E-state index contributed by atoms with van der Waals surface area (Å²) in [6.07, 6.45) is 0.248. The smallest absolute Gasteiger partial charge is 0.319 e. The summed E-state index contributed by atoms with van der Waals surface area (Å²) in [5.41, 5.74) is 0.277. The Hall–Kier alpha value is -2.54. The molecule has 2 aromatic carbocycles. The number of carbonyl (C=O) groups is 1. The van der Waals surface area contributed by atoms with Gasteiger partial charge in [-0.25, -0.2) is 18.0 Å². The van der Waals surface area contributed by atoms with Gasteiger partial charge in [0.2, 0.25) is 0 Å². The molecular formula is C16H15F3N2O2. The Morgan fingerprint density at radius 2 is 1.74 bits per heavy atom. The molecule has 1 atom stereocenters. The van der Waals surface area contributed by atoms with Crippen LogP contribution < -0.4 is 10.6 Å². The van der Waals surface area contributed by atoms with E-state index in [1.54, 1.807) is 30.3 Å². The third-order valence-corrected chi connectivity index (χ3v) is 3.21. The summed E-state index contributed by atoms with van der Waals surface area (Å²) >= 11 is 0. The number of anilines is 1. The average molecular weight is 324 g/mol. The van der Waals surface area contributed by atoms with E-state index in [0.717, 1.165) is 17.7 Å². The van der Waals surface area contributed by atoms with Gasteiger partial charge in [-0.15, -0.1) is 0 Å².